The van der Waals surface area contributed by atoms with E-state index in [0.29, 0.717) is 36.6 Å². The lowest BCUT2D eigenvalue weighted by Gasteiger charge is -2.10. The third kappa shape index (κ3) is 5.12. The molecule has 0 saturated carbocycles. The molecule has 1 amide bonds. The lowest BCUT2D eigenvalue weighted by molar-refractivity contribution is -0.121. The minimum atomic E-state index is -0.440. The molecule has 1 aromatic carbocycles. The van der Waals surface area contributed by atoms with Gasteiger partial charge < -0.3 is 14.8 Å². The van der Waals surface area contributed by atoms with Gasteiger partial charge in [0, 0.05) is 38.0 Å². The number of methoxy groups -OCH3 is 2. The molecule has 0 aliphatic heterocycles. The predicted octanol–water partition coefficient (Wildman–Crippen LogP) is 1.21. The molecule has 0 spiro atoms. The van der Waals surface area contributed by atoms with Crippen LogP contribution in [0.1, 0.15) is 6.42 Å². The topological polar surface area (TPSA) is 82.4 Å². The molecule has 0 unspecified atom stereocenters. The van der Waals surface area contributed by atoms with Crippen molar-refractivity contribution in [2.75, 3.05) is 27.4 Å². The number of hydrogen-bond donors (Lipinski definition) is 1. The molecule has 25 heavy (non-hydrogen) atoms. The molecule has 0 atom stereocenters. The number of rotatable bonds is 8. The Labute approximate surface area is 144 Å². The lowest BCUT2D eigenvalue weighted by Crippen LogP contribution is -2.34. The highest BCUT2D eigenvalue weighted by molar-refractivity contribution is 5.75. The highest BCUT2D eigenvalue weighted by Crippen LogP contribution is 2.28. The van der Waals surface area contributed by atoms with Crippen LogP contribution in [0.4, 0.5) is 4.39 Å². The van der Waals surface area contributed by atoms with Gasteiger partial charge in [0.1, 0.15) is 18.1 Å². The average Bonchev–Trinajstić information content (AvgIpc) is 2.60. The van der Waals surface area contributed by atoms with Gasteiger partial charge in [-0.05, 0) is 24.6 Å². The van der Waals surface area contributed by atoms with E-state index in [-0.39, 0.29) is 12.5 Å². The second-order valence-electron chi connectivity index (χ2n) is 5.26. The number of carbonyl (C=O) groups is 1. The number of hydrogen-bond acceptors (Lipinski definition) is 5. The molecule has 0 aliphatic rings. The van der Waals surface area contributed by atoms with Crippen LogP contribution in [-0.4, -0.2) is 43.1 Å². The number of amides is 1. The third-order valence-corrected chi connectivity index (χ3v) is 3.45. The molecule has 2 rings (SSSR count). The number of halogens is 1. The Morgan fingerprint density at radius 3 is 2.80 bits per heavy atom. The number of carbonyl (C=O) groups excluding carboxylic acids is 1. The minimum Gasteiger partial charge on any atom is -0.496 e. The molecule has 8 heteroatoms. The van der Waals surface area contributed by atoms with Gasteiger partial charge in [-0.1, -0.05) is 0 Å². The van der Waals surface area contributed by atoms with E-state index in [1.54, 1.807) is 7.11 Å². The number of nitrogens with zero attached hydrogens (tertiary/aromatic N) is 2. The molecule has 1 N–H and O–H groups in total. The lowest BCUT2D eigenvalue weighted by atomic mass is 10.1. The normalized spacial score (nSPS) is 10.5. The van der Waals surface area contributed by atoms with E-state index in [2.05, 4.69) is 10.4 Å². The molecule has 1 aromatic heterocycles. The fourth-order valence-corrected chi connectivity index (χ4v) is 2.22. The van der Waals surface area contributed by atoms with E-state index in [4.69, 9.17) is 9.47 Å². The van der Waals surface area contributed by atoms with Crippen molar-refractivity contribution in [3.8, 4) is 17.0 Å². The van der Waals surface area contributed by atoms with Crippen LogP contribution in [0.5, 0.6) is 5.75 Å². The van der Waals surface area contributed by atoms with Crippen LogP contribution in [-0.2, 0) is 16.1 Å². The maximum absolute atomic E-state index is 13.3. The third-order valence-electron chi connectivity index (χ3n) is 3.45. The van der Waals surface area contributed by atoms with Crippen LogP contribution in [0.3, 0.4) is 0 Å². The molecule has 0 bridgehead atoms. The molecular weight excluding hydrogens is 329 g/mol. The summed E-state index contributed by atoms with van der Waals surface area (Å²) in [5, 5.41) is 6.87. The smallest absolute Gasteiger partial charge is 0.267 e. The van der Waals surface area contributed by atoms with Gasteiger partial charge in [-0.3, -0.25) is 9.59 Å². The Kier molecular flexibility index (Phi) is 6.64. The number of ether oxygens (including phenoxy) is 2. The summed E-state index contributed by atoms with van der Waals surface area (Å²) in [6, 6.07) is 6.83. The standard InChI is InChI=1S/C17H20FN3O4/c1-24-9-3-8-19-16(22)11-21-17(23)7-6-14(20-21)13-5-4-12(18)10-15(13)25-2/h4-7,10H,3,8-9,11H2,1-2H3,(H,19,22). The van der Waals surface area contributed by atoms with Crippen molar-refractivity contribution >= 4 is 5.91 Å². The van der Waals surface area contributed by atoms with Gasteiger partial charge >= 0.3 is 0 Å². The maximum Gasteiger partial charge on any atom is 0.267 e. The second kappa shape index (κ2) is 8.93. The van der Waals surface area contributed by atoms with Crippen molar-refractivity contribution in [3.63, 3.8) is 0 Å². The second-order valence-corrected chi connectivity index (χ2v) is 5.26. The fourth-order valence-electron chi connectivity index (χ4n) is 2.22. The highest BCUT2D eigenvalue weighted by atomic mass is 19.1. The first-order valence-electron chi connectivity index (χ1n) is 7.73. The number of aromatic nitrogens is 2. The van der Waals surface area contributed by atoms with Crippen LogP contribution < -0.4 is 15.6 Å². The van der Waals surface area contributed by atoms with Crippen LogP contribution in [0.15, 0.2) is 35.1 Å². The van der Waals surface area contributed by atoms with Crippen LogP contribution in [0, 0.1) is 5.82 Å². The molecule has 134 valence electrons. The van der Waals surface area contributed by atoms with E-state index in [9.17, 15) is 14.0 Å². The molecule has 7 nitrogen and oxygen atoms in total. The molecular formula is C17H20FN3O4. The van der Waals surface area contributed by atoms with E-state index in [1.165, 1.54) is 37.4 Å². The zero-order valence-corrected chi connectivity index (χ0v) is 14.1. The van der Waals surface area contributed by atoms with Gasteiger partial charge in [0.05, 0.1) is 12.8 Å². The largest absolute Gasteiger partial charge is 0.496 e. The molecule has 0 radical (unpaired) electrons. The summed E-state index contributed by atoms with van der Waals surface area (Å²) in [6.45, 7) is 0.786. The van der Waals surface area contributed by atoms with Crippen LogP contribution in [0.25, 0.3) is 11.3 Å². The maximum atomic E-state index is 13.3. The number of benzene rings is 1. The first-order valence-corrected chi connectivity index (χ1v) is 7.73. The zero-order valence-electron chi connectivity index (χ0n) is 14.1. The van der Waals surface area contributed by atoms with Gasteiger partial charge in [0.2, 0.25) is 5.91 Å². The SMILES string of the molecule is COCCCNC(=O)Cn1nc(-c2ccc(F)cc2OC)ccc1=O. The van der Waals surface area contributed by atoms with Gasteiger partial charge in [0.15, 0.2) is 0 Å². The molecule has 0 fully saturated rings. The average molecular weight is 349 g/mol. The summed E-state index contributed by atoms with van der Waals surface area (Å²) in [5.41, 5.74) is 0.527. The van der Waals surface area contributed by atoms with Crippen molar-refractivity contribution in [2.45, 2.75) is 13.0 Å². The van der Waals surface area contributed by atoms with Crippen molar-refractivity contribution in [1.29, 1.82) is 0 Å². The molecule has 0 saturated heterocycles. The summed E-state index contributed by atoms with van der Waals surface area (Å²) < 4.78 is 24.4. The van der Waals surface area contributed by atoms with E-state index in [0.717, 1.165) is 4.68 Å². The Balaban J connectivity index is 2.18. The fraction of sp³-hybridized carbons (Fsp3) is 0.353. The molecule has 2 aromatic rings. The first-order chi connectivity index (χ1) is 12.0. The Bertz CT molecular complexity index is 792. The Morgan fingerprint density at radius 1 is 1.28 bits per heavy atom. The summed E-state index contributed by atoms with van der Waals surface area (Å²) in [4.78, 5) is 23.8. The highest BCUT2D eigenvalue weighted by Gasteiger charge is 2.12. The Morgan fingerprint density at radius 2 is 2.08 bits per heavy atom. The first kappa shape index (κ1) is 18.6. The summed E-state index contributed by atoms with van der Waals surface area (Å²) in [5.74, 6) is -0.472. The Hall–Kier alpha value is -2.74. The van der Waals surface area contributed by atoms with Crippen molar-refractivity contribution < 1.29 is 18.7 Å². The zero-order chi connectivity index (χ0) is 18.2. The quantitative estimate of drug-likeness (QED) is 0.725. The van der Waals surface area contributed by atoms with Crippen LogP contribution >= 0.6 is 0 Å². The van der Waals surface area contributed by atoms with Gasteiger partial charge in [-0.25, -0.2) is 9.07 Å². The van der Waals surface area contributed by atoms with E-state index < -0.39 is 11.4 Å². The summed E-state index contributed by atoms with van der Waals surface area (Å²) >= 11 is 0. The van der Waals surface area contributed by atoms with Gasteiger partial charge in [-0.2, -0.15) is 5.10 Å². The molecule has 0 aliphatic carbocycles. The summed E-state index contributed by atoms with van der Waals surface area (Å²) in [6.07, 6.45) is 0.678. The van der Waals surface area contributed by atoms with E-state index in [1.807, 2.05) is 0 Å². The van der Waals surface area contributed by atoms with Crippen LogP contribution in [0.2, 0.25) is 0 Å². The van der Waals surface area contributed by atoms with Crippen molar-refractivity contribution in [1.82, 2.24) is 15.1 Å². The molecule has 1 heterocycles. The van der Waals surface area contributed by atoms with Gasteiger partial charge in [-0.15, -0.1) is 0 Å². The van der Waals surface area contributed by atoms with Crippen molar-refractivity contribution in [2.24, 2.45) is 0 Å². The van der Waals surface area contributed by atoms with E-state index >= 15 is 0 Å². The summed E-state index contributed by atoms with van der Waals surface area (Å²) in [7, 11) is 3.00. The predicted molar refractivity (Wildman–Crippen MR) is 89.9 cm³/mol. The number of nitrogens with one attached hydrogen (secondary N) is 1. The van der Waals surface area contributed by atoms with Crippen molar-refractivity contribution in [3.05, 3.63) is 46.5 Å². The minimum absolute atomic E-state index is 0.205. The monoisotopic (exact) mass is 349 g/mol. The van der Waals surface area contributed by atoms with Gasteiger partial charge in [0.25, 0.3) is 5.56 Å².